The lowest BCUT2D eigenvalue weighted by atomic mass is 10.1. The largest absolute Gasteiger partial charge is 0.493 e. The van der Waals surface area contributed by atoms with Crippen molar-refractivity contribution in [3.63, 3.8) is 0 Å². The molecule has 0 radical (unpaired) electrons. The summed E-state index contributed by atoms with van der Waals surface area (Å²) in [5.74, 6) is 1.22. The van der Waals surface area contributed by atoms with E-state index in [4.69, 9.17) is 9.47 Å². The molecule has 2 heterocycles. The van der Waals surface area contributed by atoms with E-state index in [0.717, 1.165) is 28.3 Å². The van der Waals surface area contributed by atoms with E-state index < -0.39 is 4.92 Å². The molecule has 9 nitrogen and oxygen atoms in total. The molecule has 0 spiro atoms. The minimum absolute atomic E-state index is 0.0211. The normalized spacial score (nSPS) is 13.3. The molecule has 0 bridgehead atoms. The summed E-state index contributed by atoms with van der Waals surface area (Å²) in [7, 11) is 3.21. The quantitative estimate of drug-likeness (QED) is 0.239. The summed E-state index contributed by atoms with van der Waals surface area (Å²) in [5.41, 5.74) is 5.24. The van der Waals surface area contributed by atoms with Crippen molar-refractivity contribution in [3.8, 4) is 28.4 Å². The van der Waals surface area contributed by atoms with Crippen LogP contribution >= 0.6 is 0 Å². The number of carbonyl (C=O) groups excluding carboxylic acids is 1. The number of nitro groups is 1. The summed E-state index contributed by atoms with van der Waals surface area (Å²) in [5, 5.41) is 11.0. The molecular formula is C30H30N4O5. The van der Waals surface area contributed by atoms with Crippen LogP contribution in [0.2, 0.25) is 0 Å². The van der Waals surface area contributed by atoms with E-state index in [9.17, 15) is 14.9 Å². The number of methoxy groups -OCH3 is 2. The standard InChI is InChI=1S/C30H30N4O5/c1-21-26(30(35)32-17-15-31(16-18-32)23-9-11-24(12-10-23)34(36)37)20-27(22-7-5-4-6-8-22)33(21)25-13-14-28(38-2)29(19-25)39-3/h4-14,19-20H,15-18H2,1-3H3. The first-order valence-corrected chi connectivity index (χ1v) is 12.7. The number of hydrogen-bond donors (Lipinski definition) is 0. The van der Waals surface area contributed by atoms with Crippen LogP contribution in [0.25, 0.3) is 16.9 Å². The minimum Gasteiger partial charge on any atom is -0.493 e. The molecule has 3 aromatic carbocycles. The summed E-state index contributed by atoms with van der Waals surface area (Å²) >= 11 is 0. The van der Waals surface area contributed by atoms with Gasteiger partial charge in [-0.05, 0) is 42.8 Å². The Kier molecular flexibility index (Phi) is 7.23. The summed E-state index contributed by atoms with van der Waals surface area (Å²) in [6.07, 6.45) is 0. The molecule has 1 fully saturated rings. The number of non-ortho nitro benzene ring substituents is 1. The van der Waals surface area contributed by atoms with Gasteiger partial charge >= 0.3 is 0 Å². The second-order valence-corrected chi connectivity index (χ2v) is 9.32. The number of hydrogen-bond acceptors (Lipinski definition) is 6. The Hall–Kier alpha value is -4.79. The number of amides is 1. The van der Waals surface area contributed by atoms with Crippen LogP contribution in [-0.4, -0.2) is 60.7 Å². The molecule has 0 saturated carbocycles. The summed E-state index contributed by atoms with van der Waals surface area (Å²) < 4.78 is 13.1. The van der Waals surface area contributed by atoms with Crippen LogP contribution in [-0.2, 0) is 0 Å². The zero-order chi connectivity index (χ0) is 27.5. The smallest absolute Gasteiger partial charge is 0.269 e. The zero-order valence-corrected chi connectivity index (χ0v) is 22.2. The van der Waals surface area contributed by atoms with Gasteiger partial charge in [0.2, 0.25) is 0 Å². The van der Waals surface area contributed by atoms with E-state index in [0.29, 0.717) is 43.2 Å². The van der Waals surface area contributed by atoms with Gasteiger partial charge < -0.3 is 23.8 Å². The molecule has 9 heteroatoms. The average Bonchev–Trinajstić information content (AvgIpc) is 3.33. The third-order valence-electron chi connectivity index (χ3n) is 7.17. The van der Waals surface area contributed by atoms with Gasteiger partial charge in [0.05, 0.1) is 30.4 Å². The first-order valence-electron chi connectivity index (χ1n) is 12.7. The molecule has 1 saturated heterocycles. The third-order valence-corrected chi connectivity index (χ3v) is 7.17. The van der Waals surface area contributed by atoms with Gasteiger partial charge in [0.15, 0.2) is 11.5 Å². The van der Waals surface area contributed by atoms with Gasteiger partial charge in [-0.25, -0.2) is 0 Å². The van der Waals surface area contributed by atoms with Crippen LogP contribution < -0.4 is 14.4 Å². The maximum atomic E-state index is 13.8. The lowest BCUT2D eigenvalue weighted by Gasteiger charge is -2.36. The van der Waals surface area contributed by atoms with E-state index in [1.807, 2.05) is 66.4 Å². The maximum Gasteiger partial charge on any atom is 0.269 e. The monoisotopic (exact) mass is 526 g/mol. The van der Waals surface area contributed by atoms with Gasteiger partial charge in [-0.1, -0.05) is 30.3 Å². The Labute approximate surface area is 226 Å². The second-order valence-electron chi connectivity index (χ2n) is 9.32. The Morgan fingerprint density at radius 2 is 1.46 bits per heavy atom. The third kappa shape index (κ3) is 5.03. The fourth-order valence-corrected chi connectivity index (χ4v) is 5.06. The number of nitrogens with zero attached hydrogens (tertiary/aromatic N) is 4. The van der Waals surface area contributed by atoms with E-state index in [-0.39, 0.29) is 11.6 Å². The van der Waals surface area contributed by atoms with E-state index in [1.165, 1.54) is 12.1 Å². The highest BCUT2D eigenvalue weighted by Crippen LogP contribution is 2.35. The van der Waals surface area contributed by atoms with Crippen molar-refractivity contribution in [1.82, 2.24) is 9.47 Å². The van der Waals surface area contributed by atoms with Gasteiger partial charge in [0.1, 0.15) is 0 Å². The van der Waals surface area contributed by atoms with Crippen LogP contribution in [0.3, 0.4) is 0 Å². The van der Waals surface area contributed by atoms with E-state index in [1.54, 1.807) is 26.4 Å². The summed E-state index contributed by atoms with van der Waals surface area (Å²) in [6, 6.07) is 24.2. The number of nitro benzene ring substituents is 1. The van der Waals surface area contributed by atoms with Crippen LogP contribution in [0.4, 0.5) is 11.4 Å². The summed E-state index contributed by atoms with van der Waals surface area (Å²) in [6.45, 7) is 4.35. The van der Waals surface area contributed by atoms with E-state index in [2.05, 4.69) is 9.47 Å². The van der Waals surface area contributed by atoms with Crippen molar-refractivity contribution in [1.29, 1.82) is 0 Å². The molecule has 4 aromatic rings. The lowest BCUT2D eigenvalue weighted by molar-refractivity contribution is -0.384. The molecule has 200 valence electrons. The number of anilines is 1. The van der Waals surface area contributed by atoms with Crippen molar-refractivity contribution in [2.75, 3.05) is 45.3 Å². The average molecular weight is 527 g/mol. The second kappa shape index (κ2) is 10.9. The highest BCUT2D eigenvalue weighted by atomic mass is 16.6. The molecule has 1 amide bonds. The number of ether oxygens (including phenoxy) is 2. The molecule has 0 atom stereocenters. The van der Waals surface area contributed by atoms with Gasteiger partial charge in [-0.3, -0.25) is 14.9 Å². The molecule has 0 N–H and O–H groups in total. The zero-order valence-electron chi connectivity index (χ0n) is 22.2. The molecule has 39 heavy (non-hydrogen) atoms. The predicted octanol–water partition coefficient (Wildman–Crippen LogP) is 5.34. The number of aromatic nitrogens is 1. The molecule has 1 aromatic heterocycles. The van der Waals surface area contributed by atoms with Gasteiger partial charge in [-0.15, -0.1) is 0 Å². The van der Waals surface area contributed by atoms with Gasteiger partial charge in [0, 0.05) is 61.4 Å². The Morgan fingerprint density at radius 3 is 2.08 bits per heavy atom. The first kappa shape index (κ1) is 25.8. The fraction of sp³-hybridized carbons (Fsp3) is 0.233. The Morgan fingerprint density at radius 1 is 0.821 bits per heavy atom. The topological polar surface area (TPSA) is 90.1 Å². The van der Waals surface area contributed by atoms with E-state index >= 15 is 0 Å². The highest BCUT2D eigenvalue weighted by Gasteiger charge is 2.27. The predicted molar refractivity (Wildman–Crippen MR) is 150 cm³/mol. The van der Waals surface area contributed by atoms with Crippen molar-refractivity contribution < 1.29 is 19.2 Å². The maximum absolute atomic E-state index is 13.8. The van der Waals surface area contributed by atoms with Crippen LogP contribution in [0.5, 0.6) is 11.5 Å². The lowest BCUT2D eigenvalue weighted by Crippen LogP contribution is -2.48. The highest BCUT2D eigenvalue weighted by molar-refractivity contribution is 5.97. The molecule has 1 aliphatic rings. The van der Waals surface area contributed by atoms with Crippen molar-refractivity contribution in [2.45, 2.75) is 6.92 Å². The van der Waals surface area contributed by atoms with Crippen LogP contribution in [0.1, 0.15) is 16.1 Å². The Bertz CT molecular complexity index is 1490. The Balaban J connectivity index is 1.44. The fourth-order valence-electron chi connectivity index (χ4n) is 5.06. The SMILES string of the molecule is COc1ccc(-n2c(-c3ccccc3)cc(C(=O)N3CCN(c4ccc([N+](=O)[O-])cc4)CC3)c2C)cc1OC. The summed E-state index contributed by atoms with van der Waals surface area (Å²) in [4.78, 5) is 28.4. The first-order chi connectivity index (χ1) is 18.9. The van der Waals surface area contributed by atoms with Crippen molar-refractivity contribution in [3.05, 3.63) is 100 Å². The number of rotatable bonds is 7. The molecule has 5 rings (SSSR count). The number of benzene rings is 3. The molecule has 0 unspecified atom stereocenters. The molecule has 1 aliphatic heterocycles. The van der Waals surface area contributed by atoms with Gasteiger partial charge in [-0.2, -0.15) is 0 Å². The number of piperazine rings is 1. The van der Waals surface area contributed by atoms with Crippen molar-refractivity contribution in [2.24, 2.45) is 0 Å². The van der Waals surface area contributed by atoms with Crippen LogP contribution in [0, 0.1) is 17.0 Å². The van der Waals surface area contributed by atoms with Crippen LogP contribution in [0.15, 0.2) is 78.9 Å². The minimum atomic E-state index is -0.402. The van der Waals surface area contributed by atoms with Crippen molar-refractivity contribution >= 4 is 17.3 Å². The molecular weight excluding hydrogens is 496 g/mol. The van der Waals surface area contributed by atoms with Gasteiger partial charge in [0.25, 0.3) is 11.6 Å². The molecule has 0 aliphatic carbocycles. The number of carbonyl (C=O) groups is 1.